The number of carbonyl (C=O) groups is 2. The Morgan fingerprint density at radius 2 is 2.10 bits per heavy atom. The Kier molecular flexibility index (Phi) is 5.57. The number of ether oxygens (including phenoxy) is 1. The zero-order valence-electron chi connectivity index (χ0n) is 10.5. The highest BCUT2D eigenvalue weighted by molar-refractivity contribution is 5.79. The molecule has 0 aromatic carbocycles. The number of cyclic esters (lactones) is 1. The summed E-state index contributed by atoms with van der Waals surface area (Å²) in [4.78, 5) is 21.9. The molecular weight excluding hydrogens is 283 g/mol. The average Bonchev–Trinajstić information content (AvgIpc) is 2.75. The number of β-amino-alcohol motifs (C(OH)–C–C–N with tert-alkyl or cyclic N) is 1. The zero-order valence-corrected chi connectivity index (χ0v) is 10.5. The normalized spacial score (nSPS) is 26.6. The number of aliphatic hydroxyl groups is 1. The fraction of sp³-hybridized carbons (Fsp3) is 0.800. The number of carbonyl (C=O) groups excluding carboxylic acids is 2. The van der Waals surface area contributed by atoms with E-state index in [0.29, 0.717) is 19.7 Å². The van der Waals surface area contributed by atoms with Crippen LogP contribution in [0.1, 0.15) is 6.42 Å². The number of nitrogens with one attached hydrogen (secondary N) is 1. The van der Waals surface area contributed by atoms with Crippen molar-refractivity contribution < 1.29 is 32.6 Å². The van der Waals surface area contributed by atoms with E-state index in [4.69, 9.17) is 9.53 Å². The van der Waals surface area contributed by atoms with Gasteiger partial charge in [0.15, 0.2) is 0 Å². The molecule has 0 aliphatic carbocycles. The first-order chi connectivity index (χ1) is 9.23. The van der Waals surface area contributed by atoms with E-state index < -0.39 is 18.2 Å². The first kappa shape index (κ1) is 16.5. The van der Waals surface area contributed by atoms with Gasteiger partial charge in [-0.3, -0.25) is 9.69 Å². The summed E-state index contributed by atoms with van der Waals surface area (Å²) in [7, 11) is 0. The molecule has 0 aromatic heterocycles. The van der Waals surface area contributed by atoms with Crippen LogP contribution in [0.25, 0.3) is 0 Å². The Labute approximate surface area is 112 Å². The fourth-order valence-electron chi connectivity index (χ4n) is 1.90. The molecule has 2 aliphatic heterocycles. The number of aliphatic hydroxyl groups excluding tert-OH is 1. The second kappa shape index (κ2) is 6.75. The number of rotatable bonds is 1. The van der Waals surface area contributed by atoms with Crippen LogP contribution in [0.4, 0.5) is 18.0 Å². The Balaban J connectivity index is 0.000000246. The molecule has 0 spiro atoms. The lowest BCUT2D eigenvalue weighted by atomic mass is 10.0. The lowest BCUT2D eigenvalue weighted by Gasteiger charge is -2.33. The molecule has 116 valence electrons. The number of nitrogens with two attached hydrogens (primary N) is 1. The van der Waals surface area contributed by atoms with Crippen molar-refractivity contribution in [2.75, 3.05) is 26.2 Å². The molecule has 2 heterocycles. The fourth-order valence-corrected chi connectivity index (χ4v) is 1.90. The molecule has 2 rings (SSSR count). The van der Waals surface area contributed by atoms with Crippen LogP contribution in [0, 0.1) is 0 Å². The maximum absolute atomic E-state index is 11.2. The predicted octanol–water partition coefficient (Wildman–Crippen LogP) is -0.805. The van der Waals surface area contributed by atoms with Gasteiger partial charge in [-0.2, -0.15) is 13.2 Å². The van der Waals surface area contributed by atoms with E-state index in [1.54, 1.807) is 4.90 Å². The monoisotopic (exact) mass is 299 g/mol. The van der Waals surface area contributed by atoms with Crippen molar-refractivity contribution in [2.45, 2.75) is 24.7 Å². The Morgan fingerprint density at radius 3 is 2.50 bits per heavy atom. The molecule has 2 atom stereocenters. The second-order valence-corrected chi connectivity index (χ2v) is 4.30. The summed E-state index contributed by atoms with van der Waals surface area (Å²) in [6.45, 7) is 2.48. The third-order valence-electron chi connectivity index (χ3n) is 2.89. The van der Waals surface area contributed by atoms with Gasteiger partial charge in [0, 0.05) is 6.54 Å². The summed E-state index contributed by atoms with van der Waals surface area (Å²) < 4.78 is 36.9. The van der Waals surface area contributed by atoms with Gasteiger partial charge in [-0.15, -0.1) is 0 Å². The quantitative estimate of drug-likeness (QED) is 0.587. The van der Waals surface area contributed by atoms with Gasteiger partial charge in [0.05, 0.1) is 18.7 Å². The molecule has 0 aromatic rings. The molecule has 2 fully saturated rings. The smallest absolute Gasteiger partial charge is 0.448 e. The Bertz CT molecular complexity index is 364. The largest absolute Gasteiger partial charge is 0.470 e. The molecule has 0 bridgehead atoms. The molecule has 0 saturated carbocycles. The lowest BCUT2D eigenvalue weighted by molar-refractivity contribution is -0.169. The molecule has 0 radical (unpaired) electrons. The molecule has 2 aliphatic rings. The van der Waals surface area contributed by atoms with Crippen LogP contribution in [0.3, 0.4) is 0 Å². The van der Waals surface area contributed by atoms with Crippen molar-refractivity contribution in [3.05, 3.63) is 0 Å². The van der Waals surface area contributed by atoms with Crippen LogP contribution in [0.15, 0.2) is 0 Å². The SMILES string of the molecule is NC(=O)C(F)(F)F.O=C1OCCN1[C@@H]1CCNC[C@H]1O. The van der Waals surface area contributed by atoms with Gasteiger partial charge in [-0.1, -0.05) is 0 Å². The maximum atomic E-state index is 11.2. The predicted molar refractivity (Wildman–Crippen MR) is 60.6 cm³/mol. The lowest BCUT2D eigenvalue weighted by Crippen LogP contribution is -2.53. The van der Waals surface area contributed by atoms with E-state index in [2.05, 4.69) is 11.1 Å². The van der Waals surface area contributed by atoms with Gasteiger partial charge >= 0.3 is 18.2 Å². The van der Waals surface area contributed by atoms with Gasteiger partial charge in [0.2, 0.25) is 0 Å². The minimum atomic E-state index is -4.86. The zero-order chi connectivity index (χ0) is 15.3. The first-order valence-electron chi connectivity index (χ1n) is 5.92. The van der Waals surface area contributed by atoms with Crippen LogP contribution in [0.2, 0.25) is 0 Å². The Hall–Kier alpha value is -1.55. The van der Waals surface area contributed by atoms with Gasteiger partial charge in [-0.25, -0.2) is 4.79 Å². The van der Waals surface area contributed by atoms with Gasteiger partial charge in [0.25, 0.3) is 0 Å². The van der Waals surface area contributed by atoms with Crippen LogP contribution in [0.5, 0.6) is 0 Å². The summed E-state index contributed by atoms with van der Waals surface area (Å²) in [6.07, 6.45) is -4.80. The number of primary amides is 1. The second-order valence-electron chi connectivity index (χ2n) is 4.30. The standard InChI is InChI=1S/C8H14N2O3.C2H2F3NO/c11-7-5-9-2-1-6(7)10-3-4-13-8(10)12;3-2(4,5)1(6)7/h6-7,9,11H,1-5H2;(H2,6,7)/t6-,7-;/m1./s1. The first-order valence-corrected chi connectivity index (χ1v) is 5.92. The third kappa shape index (κ3) is 4.53. The number of hydrogen-bond acceptors (Lipinski definition) is 5. The van der Waals surface area contributed by atoms with Crippen molar-refractivity contribution in [1.29, 1.82) is 0 Å². The highest BCUT2D eigenvalue weighted by Crippen LogP contribution is 2.16. The Morgan fingerprint density at radius 1 is 1.50 bits per heavy atom. The minimum absolute atomic E-state index is 0.0590. The van der Waals surface area contributed by atoms with Crippen molar-refractivity contribution >= 4 is 12.0 Å². The van der Waals surface area contributed by atoms with Crippen LogP contribution in [-0.4, -0.2) is 66.6 Å². The molecule has 2 saturated heterocycles. The van der Waals surface area contributed by atoms with E-state index in [-0.39, 0.29) is 12.1 Å². The highest BCUT2D eigenvalue weighted by atomic mass is 19.4. The van der Waals surface area contributed by atoms with Crippen LogP contribution in [-0.2, 0) is 9.53 Å². The number of nitrogens with zero attached hydrogens (tertiary/aromatic N) is 1. The molecule has 2 amide bonds. The van der Waals surface area contributed by atoms with Crippen LogP contribution < -0.4 is 11.1 Å². The van der Waals surface area contributed by atoms with Crippen LogP contribution >= 0.6 is 0 Å². The number of hydrogen-bond donors (Lipinski definition) is 3. The molecule has 4 N–H and O–H groups in total. The highest BCUT2D eigenvalue weighted by Gasteiger charge is 2.36. The van der Waals surface area contributed by atoms with E-state index in [1.807, 2.05) is 0 Å². The molecule has 0 unspecified atom stereocenters. The van der Waals surface area contributed by atoms with Crippen molar-refractivity contribution in [3.63, 3.8) is 0 Å². The average molecular weight is 299 g/mol. The van der Waals surface area contributed by atoms with E-state index in [0.717, 1.165) is 13.0 Å². The number of alkyl halides is 3. The van der Waals surface area contributed by atoms with E-state index >= 15 is 0 Å². The summed E-state index contributed by atoms with van der Waals surface area (Å²) in [6, 6.07) is -0.0590. The van der Waals surface area contributed by atoms with E-state index in [9.17, 15) is 23.1 Å². The number of piperidine rings is 1. The summed E-state index contributed by atoms with van der Waals surface area (Å²) in [5, 5.41) is 12.7. The molecule has 20 heavy (non-hydrogen) atoms. The third-order valence-corrected chi connectivity index (χ3v) is 2.89. The molecule has 7 nitrogen and oxygen atoms in total. The maximum Gasteiger partial charge on any atom is 0.470 e. The van der Waals surface area contributed by atoms with E-state index in [1.165, 1.54) is 0 Å². The van der Waals surface area contributed by atoms with Gasteiger partial charge in [-0.05, 0) is 13.0 Å². The summed E-state index contributed by atoms with van der Waals surface area (Å²) >= 11 is 0. The topological polar surface area (TPSA) is 105 Å². The molecular formula is C10H16F3N3O4. The van der Waals surface area contributed by atoms with Gasteiger partial charge in [0.1, 0.15) is 6.61 Å². The molecule has 10 heteroatoms. The van der Waals surface area contributed by atoms with Crippen molar-refractivity contribution in [3.8, 4) is 0 Å². The van der Waals surface area contributed by atoms with Crippen molar-refractivity contribution in [2.24, 2.45) is 5.73 Å². The summed E-state index contributed by atoms with van der Waals surface area (Å²) in [5.41, 5.74) is 3.81. The van der Waals surface area contributed by atoms with Crippen molar-refractivity contribution in [1.82, 2.24) is 10.2 Å². The minimum Gasteiger partial charge on any atom is -0.448 e. The number of amides is 2. The summed E-state index contributed by atoms with van der Waals surface area (Å²) in [5.74, 6) is -2.26. The number of halogens is 3. The van der Waals surface area contributed by atoms with Gasteiger partial charge < -0.3 is 20.9 Å².